The molecule has 1 aromatic heterocycles. The van der Waals surface area contributed by atoms with Crippen LogP contribution in [0.25, 0.3) is 0 Å². The lowest BCUT2D eigenvalue weighted by Crippen LogP contribution is -2.11. The minimum Gasteiger partial charge on any atom is -0.477 e. The van der Waals surface area contributed by atoms with E-state index in [9.17, 15) is 4.79 Å². The lowest BCUT2D eigenvalue weighted by atomic mass is 10.0. The Hall–Kier alpha value is -1.45. The Morgan fingerprint density at radius 2 is 2.29 bits per heavy atom. The van der Waals surface area contributed by atoms with Crippen LogP contribution in [0.3, 0.4) is 0 Å². The van der Waals surface area contributed by atoms with Gasteiger partial charge in [-0.25, -0.2) is 9.97 Å². The fraction of sp³-hybridized carbons (Fsp3) is 0.500. The molecule has 0 N–H and O–H groups in total. The number of carbonyl (C=O) groups is 1. The van der Waals surface area contributed by atoms with E-state index in [0.29, 0.717) is 18.1 Å². The molecular formula is C10H14N2O2. The maximum absolute atomic E-state index is 11.7. The number of carbonyl (C=O) groups excluding carboxylic acids is 1. The molecule has 0 aliphatic carbocycles. The van der Waals surface area contributed by atoms with Crippen molar-refractivity contribution in [2.75, 3.05) is 6.61 Å². The number of ketones is 1. The highest BCUT2D eigenvalue weighted by atomic mass is 16.5. The quantitative estimate of drug-likeness (QED) is 0.685. The van der Waals surface area contributed by atoms with E-state index in [1.165, 1.54) is 12.5 Å². The number of aromatic nitrogens is 2. The first kappa shape index (κ1) is 10.6. The molecule has 0 saturated heterocycles. The summed E-state index contributed by atoms with van der Waals surface area (Å²) in [6.45, 7) is 6.03. The second-order valence-corrected chi connectivity index (χ2v) is 3.19. The number of nitrogens with zero attached hydrogens (tertiary/aromatic N) is 2. The van der Waals surface area contributed by atoms with Crippen molar-refractivity contribution in [2.45, 2.75) is 20.8 Å². The van der Waals surface area contributed by atoms with Gasteiger partial charge in [0.15, 0.2) is 5.78 Å². The van der Waals surface area contributed by atoms with Gasteiger partial charge in [0.2, 0.25) is 5.88 Å². The molecule has 0 bridgehead atoms. The van der Waals surface area contributed by atoms with Crippen LogP contribution in [0.5, 0.6) is 5.88 Å². The predicted octanol–water partition coefficient (Wildman–Crippen LogP) is 1.71. The molecule has 4 nitrogen and oxygen atoms in total. The minimum absolute atomic E-state index is 0.00838. The summed E-state index contributed by atoms with van der Waals surface area (Å²) in [5, 5.41) is 0. The van der Waals surface area contributed by atoms with Crippen LogP contribution in [0.1, 0.15) is 31.1 Å². The second-order valence-electron chi connectivity index (χ2n) is 3.19. The van der Waals surface area contributed by atoms with Crippen molar-refractivity contribution in [3.63, 3.8) is 0 Å². The van der Waals surface area contributed by atoms with E-state index in [0.717, 1.165) is 0 Å². The summed E-state index contributed by atoms with van der Waals surface area (Å²) in [6, 6.07) is 0. The highest BCUT2D eigenvalue weighted by Crippen LogP contribution is 2.17. The zero-order chi connectivity index (χ0) is 10.6. The zero-order valence-corrected chi connectivity index (χ0v) is 8.65. The third kappa shape index (κ3) is 2.28. The summed E-state index contributed by atoms with van der Waals surface area (Å²) in [5.41, 5.74) is 0.462. The summed E-state index contributed by atoms with van der Waals surface area (Å²) in [7, 11) is 0. The van der Waals surface area contributed by atoms with Gasteiger partial charge in [-0.15, -0.1) is 0 Å². The van der Waals surface area contributed by atoms with Crippen molar-refractivity contribution in [3.8, 4) is 5.88 Å². The molecule has 1 rings (SSSR count). The molecule has 0 aliphatic rings. The zero-order valence-electron chi connectivity index (χ0n) is 8.65. The summed E-state index contributed by atoms with van der Waals surface area (Å²) >= 11 is 0. The van der Waals surface area contributed by atoms with Gasteiger partial charge in [-0.1, -0.05) is 13.8 Å². The van der Waals surface area contributed by atoms with E-state index >= 15 is 0 Å². The predicted molar refractivity (Wildman–Crippen MR) is 52.4 cm³/mol. The molecule has 76 valence electrons. The Morgan fingerprint density at radius 3 is 2.86 bits per heavy atom. The van der Waals surface area contributed by atoms with E-state index in [2.05, 4.69) is 9.97 Å². The lowest BCUT2D eigenvalue weighted by Gasteiger charge is -2.08. The lowest BCUT2D eigenvalue weighted by molar-refractivity contribution is 0.0934. The molecule has 1 aromatic rings. The van der Waals surface area contributed by atoms with Crippen LogP contribution in [0.2, 0.25) is 0 Å². The van der Waals surface area contributed by atoms with Crippen LogP contribution in [0.4, 0.5) is 0 Å². The van der Waals surface area contributed by atoms with Crippen molar-refractivity contribution in [1.82, 2.24) is 9.97 Å². The highest BCUT2D eigenvalue weighted by molar-refractivity contribution is 5.99. The van der Waals surface area contributed by atoms with Gasteiger partial charge in [0.25, 0.3) is 0 Å². The SMILES string of the molecule is CCOc1ncncc1C(=O)C(C)C. The number of ether oxygens (including phenoxy) is 1. The highest BCUT2D eigenvalue weighted by Gasteiger charge is 2.16. The van der Waals surface area contributed by atoms with Gasteiger partial charge in [-0.05, 0) is 6.92 Å². The van der Waals surface area contributed by atoms with Gasteiger partial charge in [0.1, 0.15) is 6.33 Å². The smallest absolute Gasteiger partial charge is 0.227 e. The molecule has 0 unspecified atom stereocenters. The molecule has 0 aliphatic heterocycles. The molecule has 14 heavy (non-hydrogen) atoms. The average molecular weight is 194 g/mol. The van der Waals surface area contributed by atoms with Crippen LogP contribution in [-0.2, 0) is 0 Å². The van der Waals surface area contributed by atoms with Crippen LogP contribution in [0, 0.1) is 5.92 Å². The van der Waals surface area contributed by atoms with Crippen molar-refractivity contribution in [2.24, 2.45) is 5.92 Å². The summed E-state index contributed by atoms with van der Waals surface area (Å²) < 4.78 is 5.24. The van der Waals surface area contributed by atoms with Crippen LogP contribution >= 0.6 is 0 Å². The van der Waals surface area contributed by atoms with Gasteiger partial charge in [0, 0.05) is 12.1 Å². The summed E-state index contributed by atoms with van der Waals surface area (Å²) in [5.74, 6) is 0.315. The molecular weight excluding hydrogens is 180 g/mol. The Labute approximate surface area is 83.3 Å². The van der Waals surface area contributed by atoms with Crippen molar-refractivity contribution in [3.05, 3.63) is 18.1 Å². The van der Waals surface area contributed by atoms with E-state index in [4.69, 9.17) is 4.74 Å². The number of hydrogen-bond donors (Lipinski definition) is 0. The fourth-order valence-corrected chi connectivity index (χ4v) is 1.05. The van der Waals surface area contributed by atoms with Gasteiger partial charge in [-0.2, -0.15) is 0 Å². The molecule has 0 amide bonds. The van der Waals surface area contributed by atoms with E-state index in [1.807, 2.05) is 20.8 Å². The van der Waals surface area contributed by atoms with Crippen LogP contribution in [0.15, 0.2) is 12.5 Å². The monoisotopic (exact) mass is 194 g/mol. The molecule has 0 radical (unpaired) electrons. The molecule has 0 atom stereocenters. The van der Waals surface area contributed by atoms with E-state index in [1.54, 1.807) is 0 Å². The van der Waals surface area contributed by atoms with Crippen molar-refractivity contribution < 1.29 is 9.53 Å². The molecule has 4 heteroatoms. The van der Waals surface area contributed by atoms with E-state index in [-0.39, 0.29) is 11.7 Å². The first-order valence-corrected chi connectivity index (χ1v) is 4.63. The maximum Gasteiger partial charge on any atom is 0.227 e. The number of hydrogen-bond acceptors (Lipinski definition) is 4. The van der Waals surface area contributed by atoms with Crippen LogP contribution < -0.4 is 4.74 Å². The van der Waals surface area contributed by atoms with Crippen molar-refractivity contribution in [1.29, 1.82) is 0 Å². The van der Waals surface area contributed by atoms with Crippen LogP contribution in [-0.4, -0.2) is 22.4 Å². The topological polar surface area (TPSA) is 52.1 Å². The van der Waals surface area contributed by atoms with Gasteiger partial charge in [-0.3, -0.25) is 4.79 Å². The van der Waals surface area contributed by atoms with Gasteiger partial charge >= 0.3 is 0 Å². The average Bonchev–Trinajstić information content (AvgIpc) is 2.18. The largest absolute Gasteiger partial charge is 0.477 e. The summed E-state index contributed by atoms with van der Waals surface area (Å²) in [4.78, 5) is 19.4. The first-order valence-electron chi connectivity index (χ1n) is 4.63. The van der Waals surface area contributed by atoms with Gasteiger partial charge in [0.05, 0.1) is 12.2 Å². The molecule has 0 fully saturated rings. The number of Topliss-reactive ketones (excluding diaryl/α,β-unsaturated/α-hetero) is 1. The normalized spacial score (nSPS) is 10.3. The molecule has 0 aromatic carbocycles. The Morgan fingerprint density at radius 1 is 1.57 bits per heavy atom. The molecule has 1 heterocycles. The standard InChI is InChI=1S/C10H14N2O2/c1-4-14-10-8(5-11-6-12-10)9(13)7(2)3/h5-7H,4H2,1-3H3. The molecule has 0 saturated carbocycles. The Bertz CT molecular complexity index is 324. The first-order chi connectivity index (χ1) is 6.66. The third-order valence-electron chi connectivity index (χ3n) is 1.75. The second kappa shape index (κ2) is 4.69. The maximum atomic E-state index is 11.7. The Balaban J connectivity index is 3.00. The third-order valence-corrected chi connectivity index (χ3v) is 1.75. The summed E-state index contributed by atoms with van der Waals surface area (Å²) in [6.07, 6.45) is 2.88. The van der Waals surface area contributed by atoms with E-state index < -0.39 is 0 Å². The van der Waals surface area contributed by atoms with Gasteiger partial charge < -0.3 is 4.74 Å². The van der Waals surface area contributed by atoms with Crippen molar-refractivity contribution >= 4 is 5.78 Å². The fourth-order valence-electron chi connectivity index (χ4n) is 1.05. The Kier molecular flexibility index (Phi) is 3.56. The minimum atomic E-state index is -0.0693. The number of rotatable bonds is 4. The molecule has 0 spiro atoms.